The van der Waals surface area contributed by atoms with Gasteiger partial charge < -0.3 is 20.7 Å². The summed E-state index contributed by atoms with van der Waals surface area (Å²) in [4.78, 5) is 68.6. The van der Waals surface area contributed by atoms with Gasteiger partial charge in [0, 0.05) is 17.6 Å². The van der Waals surface area contributed by atoms with Crippen molar-refractivity contribution in [2.24, 2.45) is 0 Å². The van der Waals surface area contributed by atoms with E-state index in [0.717, 1.165) is 17.7 Å². The van der Waals surface area contributed by atoms with Crippen LogP contribution in [-0.2, 0) is 30.5 Å². The van der Waals surface area contributed by atoms with Gasteiger partial charge in [-0.25, -0.2) is 9.78 Å². The molecule has 218 valence electrons. The van der Waals surface area contributed by atoms with Crippen LogP contribution in [0.1, 0.15) is 75.5 Å². The van der Waals surface area contributed by atoms with Gasteiger partial charge in [-0.1, -0.05) is 50.1 Å². The summed E-state index contributed by atoms with van der Waals surface area (Å²) < 4.78 is 5.72. The number of amides is 3. The van der Waals surface area contributed by atoms with Crippen LogP contribution in [0.15, 0.2) is 41.0 Å². The number of hydrogen-bond acceptors (Lipinski definition) is 9. The molecule has 0 saturated carbocycles. The molecule has 10 nitrogen and oxygen atoms in total. The third-order valence-electron chi connectivity index (χ3n) is 5.90. The molecular formula is C28H38N4O6S2. The monoisotopic (exact) mass is 590 g/mol. The van der Waals surface area contributed by atoms with E-state index < -0.39 is 29.9 Å². The average Bonchev–Trinajstić information content (AvgIpc) is 2.92. The molecule has 12 heteroatoms. The Kier molecular flexibility index (Phi) is 14.5. The van der Waals surface area contributed by atoms with Gasteiger partial charge in [-0.05, 0) is 44.2 Å². The Bertz CT molecular complexity index is 1140. The summed E-state index contributed by atoms with van der Waals surface area (Å²) in [7, 11) is 0. The molecule has 0 saturated heterocycles. The van der Waals surface area contributed by atoms with Gasteiger partial charge in [0.1, 0.15) is 23.5 Å². The molecule has 1 aliphatic rings. The zero-order valence-electron chi connectivity index (χ0n) is 23.4. The van der Waals surface area contributed by atoms with Gasteiger partial charge in [-0.2, -0.15) is 0 Å². The molecule has 0 fully saturated rings. The third kappa shape index (κ3) is 11.2. The number of aromatic nitrogens is 1. The number of thioether (sulfide) groups is 2. The van der Waals surface area contributed by atoms with Crippen molar-refractivity contribution in [3.05, 3.63) is 47.4 Å². The maximum Gasteiger partial charge on any atom is 0.329 e. The van der Waals surface area contributed by atoms with Crippen molar-refractivity contribution in [3.63, 3.8) is 0 Å². The van der Waals surface area contributed by atoms with Crippen LogP contribution in [0.3, 0.4) is 0 Å². The number of fused-ring (bicyclic) bond motifs is 2. The van der Waals surface area contributed by atoms with Gasteiger partial charge in [0.25, 0.3) is 11.8 Å². The number of pyridine rings is 1. The van der Waals surface area contributed by atoms with E-state index in [4.69, 9.17) is 4.74 Å². The SMILES string of the molecule is C/C=C1\NC(=O)c2ccc(SC)c(n2)CNC(=O)C[C@@H](/C=C/CCSC(C)=O)OC(=O)[C@H](CCCCC)NC1=O. The summed E-state index contributed by atoms with van der Waals surface area (Å²) in [6.45, 7) is 5.19. The summed E-state index contributed by atoms with van der Waals surface area (Å²) in [6.07, 6.45) is 9.02. The lowest BCUT2D eigenvalue weighted by Crippen LogP contribution is -2.46. The molecule has 0 aliphatic carbocycles. The maximum absolute atomic E-state index is 13.2. The number of rotatable bonds is 9. The molecule has 2 bridgehead atoms. The smallest absolute Gasteiger partial charge is 0.329 e. The highest BCUT2D eigenvalue weighted by molar-refractivity contribution is 8.13. The quantitative estimate of drug-likeness (QED) is 0.129. The van der Waals surface area contributed by atoms with Crippen LogP contribution in [0.4, 0.5) is 0 Å². The highest BCUT2D eigenvalue weighted by atomic mass is 32.2. The zero-order valence-corrected chi connectivity index (χ0v) is 25.0. The zero-order chi connectivity index (χ0) is 29.5. The standard InChI is InChI=1S/C28H38N4O6S2/c1-5-7-8-12-22-28(37)38-19(11-9-10-15-40-18(3)33)16-25(34)29-17-23-24(39-4)14-13-21(30-23)27(36)31-20(6-2)26(35)32-22/h6,9,11,13-14,19,22H,5,7-8,10,12,15-17H2,1-4H3,(H,29,34)(H,31,36)(H,32,35)/b11-9+,20-6-/t19-,22+/m1/s1. The van der Waals surface area contributed by atoms with Crippen molar-refractivity contribution < 1.29 is 28.7 Å². The Morgan fingerprint density at radius 1 is 1.18 bits per heavy atom. The molecular weight excluding hydrogens is 552 g/mol. The second kappa shape index (κ2) is 17.5. The predicted octanol–water partition coefficient (Wildman–Crippen LogP) is 3.66. The molecule has 0 aromatic carbocycles. The van der Waals surface area contributed by atoms with Crippen molar-refractivity contribution in [3.8, 4) is 0 Å². The molecule has 3 amide bonds. The number of unbranched alkanes of at least 4 members (excludes halogenated alkanes) is 2. The van der Waals surface area contributed by atoms with Crippen molar-refractivity contribution >= 4 is 52.3 Å². The van der Waals surface area contributed by atoms with E-state index in [1.54, 1.807) is 31.2 Å². The largest absolute Gasteiger partial charge is 0.456 e. The first-order valence-corrected chi connectivity index (χ1v) is 15.5. The van der Waals surface area contributed by atoms with Crippen LogP contribution >= 0.6 is 23.5 Å². The number of carbonyl (C=O) groups is 5. The van der Waals surface area contributed by atoms with Gasteiger partial charge in [-0.3, -0.25) is 19.2 Å². The normalized spacial score (nSPS) is 20.1. The number of ether oxygens (including phenoxy) is 1. The van der Waals surface area contributed by atoms with E-state index in [9.17, 15) is 24.0 Å². The van der Waals surface area contributed by atoms with Crippen molar-refractivity contribution in [2.75, 3.05) is 12.0 Å². The third-order valence-corrected chi connectivity index (χ3v) is 7.56. The van der Waals surface area contributed by atoms with Crippen molar-refractivity contribution in [1.82, 2.24) is 20.9 Å². The first kappa shape index (κ1) is 33.1. The number of carbonyl (C=O) groups excluding carboxylic acids is 5. The van der Waals surface area contributed by atoms with Crippen LogP contribution in [0, 0.1) is 0 Å². The number of esters is 1. The van der Waals surface area contributed by atoms with Gasteiger partial charge in [0.15, 0.2) is 5.12 Å². The summed E-state index contributed by atoms with van der Waals surface area (Å²) in [6, 6.07) is 2.32. The average molecular weight is 591 g/mol. The first-order chi connectivity index (χ1) is 19.2. The molecule has 2 atom stereocenters. The molecule has 40 heavy (non-hydrogen) atoms. The minimum absolute atomic E-state index is 0.00792. The lowest BCUT2D eigenvalue weighted by molar-refractivity contribution is -0.152. The van der Waals surface area contributed by atoms with Crippen molar-refractivity contribution in [1.29, 1.82) is 0 Å². The van der Waals surface area contributed by atoms with E-state index in [-0.39, 0.29) is 35.4 Å². The Morgan fingerprint density at radius 3 is 2.62 bits per heavy atom. The second-order valence-corrected chi connectivity index (χ2v) is 11.2. The molecule has 1 aromatic rings. The van der Waals surface area contributed by atoms with E-state index in [1.807, 2.05) is 13.2 Å². The Balaban J connectivity index is 2.40. The van der Waals surface area contributed by atoms with E-state index >= 15 is 0 Å². The molecule has 0 unspecified atom stereocenters. The molecule has 1 aliphatic heterocycles. The van der Waals surface area contributed by atoms with Gasteiger partial charge in [0.2, 0.25) is 5.91 Å². The van der Waals surface area contributed by atoms with Gasteiger partial charge >= 0.3 is 5.97 Å². The Labute approximate surface area is 243 Å². The van der Waals surface area contributed by atoms with Gasteiger partial charge in [0.05, 0.1) is 18.7 Å². The van der Waals surface area contributed by atoms with Crippen LogP contribution < -0.4 is 16.0 Å². The minimum Gasteiger partial charge on any atom is -0.456 e. The topological polar surface area (TPSA) is 144 Å². The molecule has 2 rings (SSSR count). The van der Waals surface area contributed by atoms with Crippen molar-refractivity contribution in [2.45, 2.75) is 82.9 Å². The molecule has 0 spiro atoms. The fraction of sp³-hybridized carbons (Fsp3) is 0.500. The number of allylic oxidation sites excluding steroid dienone is 2. The Morgan fingerprint density at radius 2 is 1.95 bits per heavy atom. The second-order valence-electron chi connectivity index (χ2n) is 9.04. The highest BCUT2D eigenvalue weighted by Crippen LogP contribution is 2.20. The molecule has 0 radical (unpaired) electrons. The number of nitrogens with one attached hydrogen (secondary N) is 3. The summed E-state index contributed by atoms with van der Waals surface area (Å²) in [5.41, 5.74) is 0.563. The van der Waals surface area contributed by atoms with E-state index in [0.29, 0.717) is 30.7 Å². The highest BCUT2D eigenvalue weighted by Gasteiger charge is 2.27. The first-order valence-electron chi connectivity index (χ1n) is 13.3. The van der Waals surface area contributed by atoms with Crippen LogP contribution in [0.2, 0.25) is 0 Å². The Hall–Kier alpha value is -3.12. The number of cyclic esters (lactones) is 1. The van der Waals surface area contributed by atoms with Crippen LogP contribution in [0.5, 0.6) is 0 Å². The molecule has 2 heterocycles. The van der Waals surface area contributed by atoms with E-state index in [2.05, 4.69) is 20.9 Å². The fourth-order valence-corrected chi connectivity index (χ4v) is 4.89. The number of hydrogen-bond donors (Lipinski definition) is 3. The van der Waals surface area contributed by atoms with E-state index in [1.165, 1.54) is 36.5 Å². The van der Waals surface area contributed by atoms with Crippen LogP contribution in [0.25, 0.3) is 0 Å². The lowest BCUT2D eigenvalue weighted by atomic mass is 10.1. The predicted molar refractivity (Wildman–Crippen MR) is 157 cm³/mol. The maximum atomic E-state index is 13.2. The molecule has 3 N–H and O–H groups in total. The lowest BCUT2D eigenvalue weighted by Gasteiger charge is -2.22. The van der Waals surface area contributed by atoms with Crippen LogP contribution in [-0.4, -0.2) is 57.9 Å². The van der Waals surface area contributed by atoms with Gasteiger partial charge in [-0.15, -0.1) is 11.8 Å². The molecule has 1 aromatic heterocycles. The summed E-state index contributed by atoms with van der Waals surface area (Å²) in [5, 5.41) is 8.08. The number of nitrogens with zero attached hydrogens (tertiary/aromatic N) is 1. The summed E-state index contributed by atoms with van der Waals surface area (Å²) >= 11 is 2.61. The fourth-order valence-electron chi connectivity index (χ4n) is 3.79. The minimum atomic E-state index is -0.975. The summed E-state index contributed by atoms with van der Waals surface area (Å²) in [5.74, 6) is -1.71.